The van der Waals surface area contributed by atoms with Crippen molar-refractivity contribution in [2.45, 2.75) is 44.5 Å². The summed E-state index contributed by atoms with van der Waals surface area (Å²) in [6.07, 6.45) is 1.89. The average Bonchev–Trinajstić information content (AvgIpc) is 2.33. The average molecular weight is 262 g/mol. The number of rotatable bonds is 7. The van der Waals surface area contributed by atoms with Gasteiger partial charge >= 0.3 is 5.97 Å². The van der Waals surface area contributed by atoms with Gasteiger partial charge in [-0.3, -0.25) is 4.79 Å². The van der Waals surface area contributed by atoms with E-state index in [0.29, 0.717) is 12.8 Å². The van der Waals surface area contributed by atoms with Gasteiger partial charge in [0.25, 0.3) is 0 Å². The van der Waals surface area contributed by atoms with Gasteiger partial charge in [-0.15, -0.1) is 0 Å². The van der Waals surface area contributed by atoms with Gasteiger partial charge in [0, 0.05) is 40.4 Å². The molecule has 6 heteroatoms. The molecule has 1 rings (SSSR count). The van der Waals surface area contributed by atoms with Crippen molar-refractivity contribution in [1.82, 2.24) is 0 Å². The van der Waals surface area contributed by atoms with Crippen LogP contribution in [0.3, 0.4) is 0 Å². The fourth-order valence-corrected chi connectivity index (χ4v) is 2.10. The first-order chi connectivity index (χ1) is 8.65. The highest BCUT2D eigenvalue weighted by Crippen LogP contribution is 2.26. The third-order valence-electron chi connectivity index (χ3n) is 2.75. The maximum atomic E-state index is 11.0. The summed E-state index contributed by atoms with van der Waals surface area (Å²) >= 11 is 0. The van der Waals surface area contributed by atoms with Crippen LogP contribution < -0.4 is 0 Å². The first-order valence-electron chi connectivity index (χ1n) is 6.04. The summed E-state index contributed by atoms with van der Waals surface area (Å²) in [6, 6.07) is 0. The Labute approximate surface area is 107 Å². The van der Waals surface area contributed by atoms with Gasteiger partial charge in [0.2, 0.25) is 0 Å². The van der Waals surface area contributed by atoms with Crippen molar-refractivity contribution < 1.29 is 28.5 Å². The van der Waals surface area contributed by atoms with Crippen molar-refractivity contribution >= 4 is 5.97 Å². The van der Waals surface area contributed by atoms with Gasteiger partial charge in [0.05, 0.1) is 12.2 Å². The minimum absolute atomic E-state index is 0.0232. The maximum Gasteiger partial charge on any atom is 0.302 e. The second-order valence-electron chi connectivity index (χ2n) is 4.33. The molecule has 1 fully saturated rings. The quantitative estimate of drug-likeness (QED) is 0.505. The molecule has 0 radical (unpaired) electrons. The topological polar surface area (TPSA) is 63.2 Å². The van der Waals surface area contributed by atoms with Crippen LogP contribution >= 0.6 is 0 Å². The molecule has 1 aliphatic rings. The van der Waals surface area contributed by atoms with Crippen LogP contribution in [0, 0.1) is 0 Å². The zero-order valence-corrected chi connectivity index (χ0v) is 11.2. The lowest BCUT2D eigenvalue weighted by Gasteiger charge is -2.33. The summed E-state index contributed by atoms with van der Waals surface area (Å²) in [5, 5.41) is 0. The molecule has 2 atom stereocenters. The van der Waals surface area contributed by atoms with Crippen LogP contribution in [0.25, 0.3) is 0 Å². The lowest BCUT2D eigenvalue weighted by molar-refractivity contribution is -0.168. The summed E-state index contributed by atoms with van der Waals surface area (Å²) in [5.41, 5.74) is 0. The smallest absolute Gasteiger partial charge is 0.302 e. The summed E-state index contributed by atoms with van der Waals surface area (Å²) in [6.45, 7) is 1.87. The predicted molar refractivity (Wildman–Crippen MR) is 62.9 cm³/mol. The molecule has 1 aliphatic carbocycles. The number of methoxy groups -OCH3 is 2. The fraction of sp³-hybridized carbons (Fsp3) is 0.917. The third kappa shape index (κ3) is 5.77. The van der Waals surface area contributed by atoms with Crippen molar-refractivity contribution in [3.8, 4) is 0 Å². The van der Waals surface area contributed by atoms with Gasteiger partial charge in [-0.1, -0.05) is 0 Å². The molecule has 106 valence electrons. The molecule has 6 nitrogen and oxygen atoms in total. The van der Waals surface area contributed by atoms with Crippen LogP contribution in [0.15, 0.2) is 0 Å². The molecular formula is C12H22O6. The van der Waals surface area contributed by atoms with E-state index in [0.717, 1.165) is 6.42 Å². The largest absolute Gasteiger partial charge is 0.462 e. The minimum atomic E-state index is -0.280. The van der Waals surface area contributed by atoms with Gasteiger partial charge in [0.15, 0.2) is 0 Å². The molecule has 0 bridgehead atoms. The molecule has 0 spiro atoms. The molecule has 0 amide bonds. The minimum Gasteiger partial charge on any atom is -0.462 e. The Bertz CT molecular complexity index is 229. The highest BCUT2D eigenvalue weighted by molar-refractivity contribution is 5.66. The molecule has 0 N–H and O–H groups in total. The van der Waals surface area contributed by atoms with E-state index in [1.165, 1.54) is 6.92 Å². The molecule has 2 unspecified atom stereocenters. The van der Waals surface area contributed by atoms with Crippen molar-refractivity contribution in [3.05, 3.63) is 0 Å². The first kappa shape index (κ1) is 15.4. The number of carbonyl (C=O) groups is 1. The number of hydrogen-bond acceptors (Lipinski definition) is 6. The van der Waals surface area contributed by atoms with E-state index in [1.807, 2.05) is 0 Å². The standard InChI is InChI=1S/C12H22O6/c1-9(13)18-12-5-10(16-7-14-2)4-11(6-12)17-8-15-3/h10-12H,4-8H2,1-3H3. The molecule has 0 heterocycles. The van der Waals surface area contributed by atoms with Crippen LogP contribution in [-0.2, 0) is 28.5 Å². The molecule has 1 saturated carbocycles. The molecule has 0 aliphatic heterocycles. The highest BCUT2D eigenvalue weighted by Gasteiger charge is 2.31. The van der Waals surface area contributed by atoms with Gasteiger partial charge < -0.3 is 23.7 Å². The van der Waals surface area contributed by atoms with Gasteiger partial charge in [-0.25, -0.2) is 0 Å². The van der Waals surface area contributed by atoms with Crippen molar-refractivity contribution in [2.75, 3.05) is 27.8 Å². The monoisotopic (exact) mass is 262 g/mol. The van der Waals surface area contributed by atoms with E-state index in [2.05, 4.69) is 0 Å². The summed E-state index contributed by atoms with van der Waals surface area (Å²) in [4.78, 5) is 11.0. The Balaban J connectivity index is 2.45. The number of carbonyl (C=O) groups excluding carboxylic acids is 1. The molecular weight excluding hydrogens is 240 g/mol. The molecule has 0 aromatic carbocycles. The highest BCUT2D eigenvalue weighted by atomic mass is 16.7. The maximum absolute atomic E-state index is 11.0. The zero-order chi connectivity index (χ0) is 13.4. The zero-order valence-electron chi connectivity index (χ0n) is 11.2. The van der Waals surface area contributed by atoms with E-state index in [-0.39, 0.29) is 37.9 Å². The van der Waals surface area contributed by atoms with Crippen molar-refractivity contribution in [3.63, 3.8) is 0 Å². The Hall–Kier alpha value is -0.690. The lowest BCUT2D eigenvalue weighted by atomic mass is 9.92. The van der Waals surface area contributed by atoms with Crippen LogP contribution in [-0.4, -0.2) is 52.1 Å². The lowest BCUT2D eigenvalue weighted by Crippen LogP contribution is -2.38. The van der Waals surface area contributed by atoms with Gasteiger partial charge in [-0.2, -0.15) is 0 Å². The van der Waals surface area contributed by atoms with E-state index in [9.17, 15) is 4.79 Å². The predicted octanol–water partition coefficient (Wildman–Crippen LogP) is 1.08. The Morgan fingerprint density at radius 2 is 1.39 bits per heavy atom. The van der Waals surface area contributed by atoms with Crippen LogP contribution in [0.1, 0.15) is 26.2 Å². The number of esters is 1. The van der Waals surface area contributed by atoms with Crippen LogP contribution in [0.4, 0.5) is 0 Å². The van der Waals surface area contributed by atoms with Gasteiger partial charge in [-0.05, 0) is 0 Å². The third-order valence-corrected chi connectivity index (χ3v) is 2.75. The van der Waals surface area contributed by atoms with Crippen LogP contribution in [0.5, 0.6) is 0 Å². The van der Waals surface area contributed by atoms with E-state index >= 15 is 0 Å². The molecule has 18 heavy (non-hydrogen) atoms. The number of hydrogen-bond donors (Lipinski definition) is 0. The molecule has 0 aromatic rings. The van der Waals surface area contributed by atoms with Crippen molar-refractivity contribution in [1.29, 1.82) is 0 Å². The SMILES string of the molecule is COCOC1CC(OCOC)CC(OC(C)=O)C1. The van der Waals surface area contributed by atoms with Gasteiger partial charge in [0.1, 0.15) is 19.7 Å². The van der Waals surface area contributed by atoms with E-state index < -0.39 is 0 Å². The first-order valence-corrected chi connectivity index (χ1v) is 6.04. The molecule has 0 aromatic heterocycles. The normalized spacial score (nSPS) is 28.1. The van der Waals surface area contributed by atoms with E-state index in [4.69, 9.17) is 23.7 Å². The second kappa shape index (κ2) is 8.42. The Morgan fingerprint density at radius 1 is 0.944 bits per heavy atom. The second-order valence-corrected chi connectivity index (χ2v) is 4.33. The van der Waals surface area contributed by atoms with Crippen molar-refractivity contribution in [2.24, 2.45) is 0 Å². The molecule has 0 saturated heterocycles. The number of ether oxygens (including phenoxy) is 5. The Morgan fingerprint density at radius 3 is 1.78 bits per heavy atom. The fourth-order valence-electron chi connectivity index (χ4n) is 2.10. The summed E-state index contributed by atoms with van der Waals surface area (Å²) in [5.74, 6) is -0.280. The van der Waals surface area contributed by atoms with E-state index in [1.54, 1.807) is 14.2 Å². The Kier molecular flexibility index (Phi) is 7.19. The summed E-state index contributed by atoms with van der Waals surface area (Å²) in [7, 11) is 3.15. The summed E-state index contributed by atoms with van der Waals surface area (Å²) < 4.78 is 26.0. The van der Waals surface area contributed by atoms with Crippen LogP contribution in [0.2, 0.25) is 0 Å².